The zero-order valence-corrected chi connectivity index (χ0v) is 12.5. The Bertz CT molecular complexity index is 502. The lowest BCUT2D eigenvalue weighted by molar-refractivity contribution is 0.0229. The van der Waals surface area contributed by atoms with Crippen molar-refractivity contribution in [2.24, 2.45) is 0 Å². The molecule has 0 radical (unpaired) electrons. The first-order valence-corrected chi connectivity index (χ1v) is 7.27. The minimum atomic E-state index is 0.119. The molecule has 19 heavy (non-hydrogen) atoms. The van der Waals surface area contributed by atoms with Gasteiger partial charge in [-0.2, -0.15) is 5.48 Å². The van der Waals surface area contributed by atoms with Gasteiger partial charge in [-0.25, -0.2) is 4.98 Å². The zero-order valence-electron chi connectivity index (χ0n) is 11.6. The fraction of sp³-hybridized carbons (Fsp3) is 0.400. The molecule has 0 aliphatic rings. The van der Waals surface area contributed by atoms with Crippen molar-refractivity contribution in [1.29, 1.82) is 0 Å². The van der Waals surface area contributed by atoms with Crippen molar-refractivity contribution < 1.29 is 4.84 Å². The van der Waals surface area contributed by atoms with Gasteiger partial charge < -0.3 is 0 Å². The third-order valence-electron chi connectivity index (χ3n) is 2.63. The monoisotopic (exact) mass is 276 g/mol. The molecule has 3 nitrogen and oxygen atoms in total. The second-order valence-corrected chi connectivity index (χ2v) is 6.35. The number of thiazole rings is 1. The van der Waals surface area contributed by atoms with E-state index < -0.39 is 0 Å². The van der Waals surface area contributed by atoms with Gasteiger partial charge in [-0.1, -0.05) is 51.1 Å². The second kappa shape index (κ2) is 6.28. The summed E-state index contributed by atoms with van der Waals surface area (Å²) in [4.78, 5) is 10.0. The van der Waals surface area contributed by atoms with Gasteiger partial charge in [-0.15, -0.1) is 11.3 Å². The molecule has 0 bridgehead atoms. The lowest BCUT2D eigenvalue weighted by Gasteiger charge is -2.13. The average molecular weight is 276 g/mol. The lowest BCUT2D eigenvalue weighted by atomic mass is 9.98. The van der Waals surface area contributed by atoms with Gasteiger partial charge in [0.25, 0.3) is 0 Å². The number of nitrogens with zero attached hydrogens (tertiary/aromatic N) is 1. The van der Waals surface area contributed by atoms with Crippen LogP contribution in [0.4, 0.5) is 0 Å². The Morgan fingerprint density at radius 1 is 1.21 bits per heavy atom. The maximum Gasteiger partial charge on any atom is 0.0982 e. The highest BCUT2D eigenvalue weighted by Crippen LogP contribution is 2.25. The van der Waals surface area contributed by atoms with Crippen molar-refractivity contribution >= 4 is 11.3 Å². The Morgan fingerprint density at radius 3 is 2.58 bits per heavy atom. The summed E-state index contributed by atoms with van der Waals surface area (Å²) in [6.07, 6.45) is 0. The van der Waals surface area contributed by atoms with Crippen LogP contribution in [-0.4, -0.2) is 4.98 Å². The van der Waals surface area contributed by atoms with Gasteiger partial charge >= 0.3 is 0 Å². The Morgan fingerprint density at radius 2 is 1.95 bits per heavy atom. The molecule has 0 spiro atoms. The standard InChI is InChI=1S/C15H20N2OS/c1-15(2,3)14-17-13(11-19-14)9-16-18-10-12-7-5-4-6-8-12/h4-8,11,16H,9-10H2,1-3H3. The second-order valence-electron chi connectivity index (χ2n) is 5.49. The molecule has 102 valence electrons. The summed E-state index contributed by atoms with van der Waals surface area (Å²) >= 11 is 1.70. The number of rotatable bonds is 5. The molecule has 0 unspecified atom stereocenters. The predicted octanol–water partition coefficient (Wildman–Crippen LogP) is 3.66. The Balaban J connectivity index is 1.76. The predicted molar refractivity (Wildman–Crippen MR) is 78.9 cm³/mol. The largest absolute Gasteiger partial charge is 0.297 e. The van der Waals surface area contributed by atoms with E-state index in [0.29, 0.717) is 13.2 Å². The molecular formula is C15H20N2OS. The van der Waals surface area contributed by atoms with Crippen LogP contribution in [0.25, 0.3) is 0 Å². The highest BCUT2D eigenvalue weighted by Gasteiger charge is 2.17. The molecule has 4 heteroatoms. The van der Waals surface area contributed by atoms with Gasteiger partial charge in [0.15, 0.2) is 0 Å². The van der Waals surface area contributed by atoms with Crippen molar-refractivity contribution in [2.75, 3.05) is 0 Å². The van der Waals surface area contributed by atoms with E-state index in [1.54, 1.807) is 11.3 Å². The summed E-state index contributed by atoms with van der Waals surface area (Å²) in [5, 5.41) is 3.24. The Labute approximate surface area is 118 Å². The van der Waals surface area contributed by atoms with Crippen LogP contribution in [0, 0.1) is 0 Å². The third kappa shape index (κ3) is 4.42. The first-order chi connectivity index (χ1) is 9.05. The van der Waals surface area contributed by atoms with Crippen LogP contribution < -0.4 is 5.48 Å². The van der Waals surface area contributed by atoms with E-state index in [9.17, 15) is 0 Å². The number of nitrogens with one attached hydrogen (secondary N) is 1. The van der Waals surface area contributed by atoms with E-state index in [2.05, 4.69) is 36.6 Å². The molecule has 0 atom stereocenters. The number of aromatic nitrogens is 1. The number of hydrogen-bond donors (Lipinski definition) is 1. The molecule has 1 aromatic carbocycles. The summed E-state index contributed by atoms with van der Waals surface area (Å²) < 4.78 is 0. The van der Waals surface area contributed by atoms with Gasteiger partial charge in [-0.05, 0) is 5.56 Å². The molecule has 2 aromatic rings. The zero-order chi connectivity index (χ0) is 13.7. The van der Waals surface area contributed by atoms with Crippen molar-refractivity contribution in [3.63, 3.8) is 0 Å². The molecular weight excluding hydrogens is 256 g/mol. The van der Waals surface area contributed by atoms with Crippen LogP contribution in [0.1, 0.15) is 37.0 Å². The first kappa shape index (κ1) is 14.2. The van der Waals surface area contributed by atoms with Crippen LogP contribution in [0.3, 0.4) is 0 Å². The highest BCUT2D eigenvalue weighted by molar-refractivity contribution is 7.09. The van der Waals surface area contributed by atoms with E-state index in [4.69, 9.17) is 4.84 Å². The molecule has 1 aromatic heterocycles. The molecule has 0 aliphatic carbocycles. The quantitative estimate of drug-likeness (QED) is 0.668. The van der Waals surface area contributed by atoms with Gasteiger partial charge in [0, 0.05) is 10.8 Å². The number of hydrogen-bond acceptors (Lipinski definition) is 4. The average Bonchev–Trinajstić information content (AvgIpc) is 2.85. The summed E-state index contributed by atoms with van der Waals surface area (Å²) in [5.41, 5.74) is 5.26. The summed E-state index contributed by atoms with van der Waals surface area (Å²) in [7, 11) is 0. The smallest absolute Gasteiger partial charge is 0.0982 e. The van der Waals surface area contributed by atoms with Gasteiger partial charge in [0.1, 0.15) is 0 Å². The van der Waals surface area contributed by atoms with Crippen LogP contribution in [0.2, 0.25) is 0 Å². The fourth-order valence-electron chi connectivity index (χ4n) is 1.57. The molecule has 0 saturated carbocycles. The van der Waals surface area contributed by atoms with Crippen molar-refractivity contribution in [2.45, 2.75) is 39.3 Å². The fourth-order valence-corrected chi connectivity index (χ4v) is 2.47. The number of benzene rings is 1. The van der Waals surface area contributed by atoms with E-state index in [0.717, 1.165) is 16.3 Å². The van der Waals surface area contributed by atoms with E-state index >= 15 is 0 Å². The SMILES string of the molecule is CC(C)(C)c1nc(CNOCc2ccccc2)cs1. The van der Waals surface area contributed by atoms with Crippen LogP contribution in [0.5, 0.6) is 0 Å². The van der Waals surface area contributed by atoms with Gasteiger partial charge in [0.05, 0.1) is 23.9 Å². The first-order valence-electron chi connectivity index (χ1n) is 6.39. The van der Waals surface area contributed by atoms with E-state index in [1.807, 2.05) is 30.3 Å². The molecule has 0 aliphatic heterocycles. The van der Waals surface area contributed by atoms with Crippen molar-refractivity contribution in [3.05, 3.63) is 52.0 Å². The van der Waals surface area contributed by atoms with E-state index in [-0.39, 0.29) is 5.41 Å². The van der Waals surface area contributed by atoms with E-state index in [1.165, 1.54) is 0 Å². The molecule has 0 amide bonds. The van der Waals surface area contributed by atoms with Crippen molar-refractivity contribution in [1.82, 2.24) is 10.5 Å². The highest BCUT2D eigenvalue weighted by atomic mass is 32.1. The molecule has 2 rings (SSSR count). The lowest BCUT2D eigenvalue weighted by Crippen LogP contribution is -2.15. The van der Waals surface area contributed by atoms with Crippen LogP contribution in [-0.2, 0) is 23.4 Å². The summed E-state index contributed by atoms with van der Waals surface area (Å²) in [5.74, 6) is 0. The maximum atomic E-state index is 5.43. The topological polar surface area (TPSA) is 34.2 Å². The normalized spacial score (nSPS) is 11.7. The van der Waals surface area contributed by atoms with Crippen molar-refractivity contribution in [3.8, 4) is 0 Å². The number of hydroxylamine groups is 1. The molecule has 0 fully saturated rings. The minimum Gasteiger partial charge on any atom is -0.297 e. The Kier molecular flexibility index (Phi) is 4.69. The minimum absolute atomic E-state index is 0.119. The molecule has 1 N–H and O–H groups in total. The summed E-state index contributed by atoms with van der Waals surface area (Å²) in [6, 6.07) is 10.1. The Hall–Kier alpha value is -1.23. The molecule has 1 heterocycles. The van der Waals surface area contributed by atoms with Gasteiger partial charge in [0.2, 0.25) is 0 Å². The van der Waals surface area contributed by atoms with Crippen LogP contribution in [0.15, 0.2) is 35.7 Å². The molecule has 0 saturated heterocycles. The van der Waals surface area contributed by atoms with Crippen LogP contribution >= 0.6 is 11.3 Å². The summed E-state index contributed by atoms with van der Waals surface area (Å²) in [6.45, 7) is 7.73. The maximum absolute atomic E-state index is 5.43. The van der Waals surface area contributed by atoms with Gasteiger partial charge in [-0.3, -0.25) is 4.84 Å². The third-order valence-corrected chi connectivity index (χ3v) is 3.95.